The summed E-state index contributed by atoms with van der Waals surface area (Å²) in [7, 11) is 2.13. The smallest absolute Gasteiger partial charge is 0.147 e. The molecule has 5 rings (SSSR count). The lowest BCUT2D eigenvalue weighted by Crippen LogP contribution is -2.61. The zero-order valence-corrected chi connectivity index (χ0v) is 30.8. The molecule has 9 heteroatoms. The number of ether oxygens (including phenoxy) is 1. The number of nitrogens with one attached hydrogen (secondary N) is 3. The Labute approximate surface area is 283 Å². The molecule has 4 bridgehead atoms. The van der Waals surface area contributed by atoms with Crippen LogP contribution in [0.3, 0.4) is 0 Å². The number of anilines is 1. The summed E-state index contributed by atoms with van der Waals surface area (Å²) in [5.74, 6) is 1.60. The molecule has 8 nitrogen and oxygen atoms in total. The summed E-state index contributed by atoms with van der Waals surface area (Å²) >= 11 is 1.92. The summed E-state index contributed by atoms with van der Waals surface area (Å²) in [4.78, 5) is 14.8. The molecule has 1 aromatic carbocycles. The summed E-state index contributed by atoms with van der Waals surface area (Å²) in [6.45, 7) is 21.8. The van der Waals surface area contributed by atoms with E-state index in [1.54, 1.807) is 0 Å². The van der Waals surface area contributed by atoms with Gasteiger partial charge in [-0.3, -0.25) is 20.5 Å². The Bertz CT molecular complexity index is 1260. The van der Waals surface area contributed by atoms with Gasteiger partial charge in [-0.25, -0.2) is 9.71 Å². The minimum Gasteiger partial charge on any atom is -0.362 e. The normalized spacial score (nSPS) is 28.5. The number of benzene rings is 1. The summed E-state index contributed by atoms with van der Waals surface area (Å²) in [5, 5.41) is 8.27. The van der Waals surface area contributed by atoms with Gasteiger partial charge in [0.2, 0.25) is 0 Å². The molecule has 0 amide bonds. The van der Waals surface area contributed by atoms with Gasteiger partial charge in [0, 0.05) is 56.6 Å². The van der Waals surface area contributed by atoms with Gasteiger partial charge >= 0.3 is 0 Å². The predicted octanol–water partition coefficient (Wildman–Crippen LogP) is 6.94. The molecule has 2 saturated heterocycles. The van der Waals surface area contributed by atoms with Crippen LogP contribution in [0.15, 0.2) is 30.6 Å². The van der Waals surface area contributed by atoms with Gasteiger partial charge in [0.25, 0.3) is 0 Å². The summed E-state index contributed by atoms with van der Waals surface area (Å²) < 4.78 is 10.7. The van der Waals surface area contributed by atoms with Crippen LogP contribution in [0.1, 0.15) is 108 Å². The quantitative estimate of drug-likeness (QED) is 0.288. The maximum absolute atomic E-state index is 6.93. The van der Waals surface area contributed by atoms with Crippen molar-refractivity contribution in [2.24, 2.45) is 16.7 Å². The topological polar surface area (TPSA) is 77.6 Å². The van der Waals surface area contributed by atoms with Crippen LogP contribution in [0.25, 0.3) is 0 Å². The van der Waals surface area contributed by atoms with Crippen LogP contribution in [0, 0.1) is 30.6 Å². The molecule has 1 aromatic heterocycles. The second kappa shape index (κ2) is 15.2. The highest BCUT2D eigenvalue weighted by atomic mass is 32.2. The van der Waals surface area contributed by atoms with Gasteiger partial charge in [0.1, 0.15) is 18.3 Å². The van der Waals surface area contributed by atoms with E-state index < -0.39 is 0 Å². The molecule has 0 spiro atoms. The standard InChI is InChI=1S/C37H61N7OS/c1-25-12-10-13-26(2)34(25)31-17-33-41-35(40-31)42-46-30-15-11-14-27(16-30)21-44(29(23-45-33)18-36(3,4)5)22-28-19-38-20-32(39-28)43(9)24-37(6,7)8/h10,12-13,19-20,27,29-31,33,35,40-42H,11,14-18,21-24H2,1-9H3/t27?,29-,30?,31?,33?,35?/m1/s1. The van der Waals surface area contributed by atoms with Gasteiger partial charge in [-0.2, -0.15) is 0 Å². The third-order valence-corrected chi connectivity index (χ3v) is 10.8. The highest BCUT2D eigenvalue weighted by Gasteiger charge is 2.35. The molecular weight excluding hydrogens is 591 g/mol. The van der Waals surface area contributed by atoms with Crippen molar-refractivity contribution in [2.75, 3.05) is 31.6 Å². The Morgan fingerprint density at radius 2 is 1.76 bits per heavy atom. The fraction of sp³-hybridized carbons (Fsp3) is 0.730. The van der Waals surface area contributed by atoms with Crippen LogP contribution in [0.5, 0.6) is 0 Å². The van der Waals surface area contributed by atoms with Gasteiger partial charge in [-0.15, -0.1) is 0 Å². The molecule has 3 N–H and O–H groups in total. The minimum atomic E-state index is -0.0537. The van der Waals surface area contributed by atoms with E-state index in [-0.39, 0.29) is 35.4 Å². The molecule has 2 aliphatic heterocycles. The van der Waals surface area contributed by atoms with Gasteiger partial charge in [-0.1, -0.05) is 78.1 Å². The van der Waals surface area contributed by atoms with Gasteiger partial charge < -0.3 is 9.64 Å². The third-order valence-electron chi connectivity index (χ3n) is 9.63. The van der Waals surface area contributed by atoms with Crippen LogP contribution >= 0.6 is 11.9 Å². The van der Waals surface area contributed by atoms with Crippen molar-refractivity contribution < 1.29 is 4.74 Å². The van der Waals surface area contributed by atoms with Crippen LogP contribution in [-0.4, -0.2) is 65.4 Å². The summed E-state index contributed by atoms with van der Waals surface area (Å²) in [6.07, 6.45) is 10.8. The van der Waals surface area contributed by atoms with Crippen molar-refractivity contribution in [3.05, 3.63) is 53.0 Å². The van der Waals surface area contributed by atoms with Crippen molar-refractivity contribution in [3.63, 3.8) is 0 Å². The number of hydrogen-bond donors (Lipinski definition) is 3. The highest BCUT2D eigenvalue weighted by Crippen LogP contribution is 2.35. The van der Waals surface area contributed by atoms with Crippen molar-refractivity contribution in [3.8, 4) is 0 Å². The van der Waals surface area contributed by atoms with Gasteiger partial charge in [-0.05, 0) is 73.0 Å². The second-order valence-electron chi connectivity index (χ2n) is 16.7. The molecule has 1 aliphatic carbocycles. The first-order valence-corrected chi connectivity index (χ1v) is 18.5. The summed E-state index contributed by atoms with van der Waals surface area (Å²) in [6, 6.07) is 7.13. The fourth-order valence-corrected chi connectivity index (χ4v) is 8.90. The van der Waals surface area contributed by atoms with Crippen LogP contribution in [0.2, 0.25) is 0 Å². The number of aromatic nitrogens is 2. The van der Waals surface area contributed by atoms with Crippen molar-refractivity contribution in [1.29, 1.82) is 0 Å². The Hall–Kier alpha value is -1.75. The number of hydrogen-bond acceptors (Lipinski definition) is 9. The van der Waals surface area contributed by atoms with E-state index in [4.69, 9.17) is 9.72 Å². The van der Waals surface area contributed by atoms with E-state index in [0.29, 0.717) is 17.8 Å². The lowest BCUT2D eigenvalue weighted by Gasteiger charge is -2.41. The van der Waals surface area contributed by atoms with Gasteiger partial charge in [0.05, 0.1) is 18.5 Å². The van der Waals surface area contributed by atoms with E-state index in [0.717, 1.165) is 44.0 Å². The highest BCUT2D eigenvalue weighted by molar-refractivity contribution is 7.98. The fourth-order valence-electron chi connectivity index (χ4n) is 7.78. The van der Waals surface area contributed by atoms with Crippen molar-refractivity contribution in [2.45, 2.75) is 130 Å². The zero-order valence-electron chi connectivity index (χ0n) is 30.0. The number of fused-ring (bicyclic) bond motifs is 4. The molecule has 6 atom stereocenters. The summed E-state index contributed by atoms with van der Waals surface area (Å²) in [5.41, 5.74) is 5.47. The molecule has 256 valence electrons. The largest absolute Gasteiger partial charge is 0.362 e. The maximum Gasteiger partial charge on any atom is 0.147 e. The number of aryl methyl sites for hydroxylation is 2. The maximum atomic E-state index is 6.93. The Kier molecular flexibility index (Phi) is 11.8. The number of nitrogens with zero attached hydrogens (tertiary/aromatic N) is 4. The first-order valence-electron chi connectivity index (χ1n) is 17.6. The average molecular weight is 652 g/mol. The van der Waals surface area contributed by atoms with E-state index in [1.165, 1.54) is 42.4 Å². The lowest BCUT2D eigenvalue weighted by molar-refractivity contribution is -0.0516. The SMILES string of the molecule is Cc1cccc(C)c1C1CC2NC(NSC3CCCC(C3)CN(Cc3cncc(N(C)CC(C)(C)C)n3)[C@H](CC(C)(C)C)CO2)N1. The first kappa shape index (κ1) is 35.6. The molecule has 3 heterocycles. The van der Waals surface area contributed by atoms with Gasteiger partial charge in [0.15, 0.2) is 0 Å². The lowest BCUT2D eigenvalue weighted by atomic mass is 9.85. The number of rotatable bonds is 6. The minimum absolute atomic E-state index is 0.0193. The second-order valence-corrected chi connectivity index (χ2v) is 17.8. The van der Waals surface area contributed by atoms with E-state index in [2.05, 4.69) is 111 Å². The molecule has 3 aliphatic rings. The van der Waals surface area contributed by atoms with E-state index >= 15 is 0 Å². The molecule has 2 aromatic rings. The molecule has 1 saturated carbocycles. The molecule has 46 heavy (non-hydrogen) atoms. The molecule has 0 radical (unpaired) electrons. The van der Waals surface area contributed by atoms with E-state index in [1.807, 2.05) is 24.3 Å². The van der Waals surface area contributed by atoms with Crippen LogP contribution in [-0.2, 0) is 11.3 Å². The first-order chi connectivity index (χ1) is 21.7. The monoisotopic (exact) mass is 651 g/mol. The Morgan fingerprint density at radius 1 is 1.00 bits per heavy atom. The van der Waals surface area contributed by atoms with Crippen molar-refractivity contribution >= 4 is 17.8 Å². The average Bonchev–Trinajstić information content (AvgIpc) is 2.97. The molecule has 5 unspecified atom stereocenters. The van der Waals surface area contributed by atoms with Crippen LogP contribution in [0.4, 0.5) is 5.82 Å². The molecular formula is C37H61N7OS. The zero-order chi connectivity index (χ0) is 33.1. The van der Waals surface area contributed by atoms with Crippen molar-refractivity contribution in [1.82, 2.24) is 30.2 Å². The van der Waals surface area contributed by atoms with Crippen LogP contribution < -0.4 is 20.3 Å². The Morgan fingerprint density at radius 3 is 2.48 bits per heavy atom. The molecule has 3 fully saturated rings. The predicted molar refractivity (Wildman–Crippen MR) is 193 cm³/mol. The third kappa shape index (κ3) is 10.1. The Balaban J connectivity index is 1.43. The van der Waals surface area contributed by atoms with E-state index in [9.17, 15) is 0 Å².